The molecule has 2 rings (SSSR count). The number of rotatable bonds is 6. The van der Waals surface area contributed by atoms with Crippen molar-refractivity contribution in [1.82, 2.24) is 0 Å². The van der Waals surface area contributed by atoms with E-state index in [1.54, 1.807) is 0 Å². The fourth-order valence-electron chi connectivity index (χ4n) is 2.14. The van der Waals surface area contributed by atoms with Gasteiger partial charge in [0.1, 0.15) is 12.4 Å². The molecule has 106 valence electrons. The van der Waals surface area contributed by atoms with Crippen LogP contribution in [0.5, 0.6) is 5.75 Å². The Bertz CT molecular complexity index is 529. The highest BCUT2D eigenvalue weighted by Crippen LogP contribution is 2.31. The van der Waals surface area contributed by atoms with Crippen molar-refractivity contribution in [2.75, 3.05) is 6.61 Å². The summed E-state index contributed by atoms with van der Waals surface area (Å²) in [4.78, 5) is 0. The van der Waals surface area contributed by atoms with Gasteiger partial charge in [-0.1, -0.05) is 48.0 Å². The van der Waals surface area contributed by atoms with Gasteiger partial charge in [-0.3, -0.25) is 0 Å². The molecule has 0 aliphatic carbocycles. The third-order valence-electron chi connectivity index (χ3n) is 3.14. The second-order valence-electron chi connectivity index (χ2n) is 4.83. The molecular formula is C17H19ClO2. The number of hydrogen-bond donors (Lipinski definition) is 1. The molecule has 0 radical (unpaired) electrons. The lowest BCUT2D eigenvalue weighted by Gasteiger charge is -2.13. The van der Waals surface area contributed by atoms with Gasteiger partial charge in [-0.05, 0) is 42.5 Å². The van der Waals surface area contributed by atoms with Gasteiger partial charge in [-0.25, -0.2) is 0 Å². The number of halogens is 1. The number of ether oxygens (including phenoxy) is 1. The van der Waals surface area contributed by atoms with Gasteiger partial charge in [-0.15, -0.1) is 0 Å². The second-order valence-corrected chi connectivity index (χ2v) is 5.23. The minimum atomic E-state index is 0.197. The molecule has 0 saturated heterocycles. The first-order chi connectivity index (χ1) is 9.70. The van der Waals surface area contributed by atoms with Crippen LogP contribution in [-0.2, 0) is 13.0 Å². The largest absolute Gasteiger partial charge is 0.487 e. The first-order valence-corrected chi connectivity index (χ1v) is 7.15. The maximum Gasteiger partial charge on any atom is 0.141 e. The molecule has 2 aromatic carbocycles. The number of aliphatic hydroxyl groups is 1. The van der Waals surface area contributed by atoms with Gasteiger partial charge in [0.2, 0.25) is 0 Å². The molecule has 0 bridgehead atoms. The fraction of sp³-hybridized carbons (Fsp3) is 0.294. The van der Waals surface area contributed by atoms with Crippen molar-refractivity contribution < 1.29 is 9.84 Å². The zero-order chi connectivity index (χ0) is 14.4. The molecule has 0 heterocycles. The molecule has 0 unspecified atom stereocenters. The van der Waals surface area contributed by atoms with E-state index in [2.05, 4.69) is 6.07 Å². The average molecular weight is 291 g/mol. The molecule has 2 aromatic rings. The SMILES string of the molecule is Cc1cc(CCCO)cc(Cl)c1OCc1ccccc1. The van der Waals surface area contributed by atoms with Crippen molar-refractivity contribution in [2.24, 2.45) is 0 Å². The Labute approximate surface area is 125 Å². The summed E-state index contributed by atoms with van der Waals surface area (Å²) in [5.74, 6) is 0.739. The number of benzene rings is 2. The first-order valence-electron chi connectivity index (χ1n) is 6.77. The van der Waals surface area contributed by atoms with Crippen LogP contribution in [0.1, 0.15) is 23.1 Å². The highest BCUT2D eigenvalue weighted by molar-refractivity contribution is 6.32. The van der Waals surface area contributed by atoms with Gasteiger partial charge >= 0.3 is 0 Å². The predicted octanol–water partition coefficient (Wildman–Crippen LogP) is 4.15. The van der Waals surface area contributed by atoms with Crippen molar-refractivity contribution >= 4 is 11.6 Å². The lowest BCUT2D eigenvalue weighted by molar-refractivity contribution is 0.288. The molecule has 0 saturated carbocycles. The molecule has 0 aromatic heterocycles. The zero-order valence-electron chi connectivity index (χ0n) is 11.6. The van der Waals surface area contributed by atoms with Crippen LogP contribution in [0.2, 0.25) is 5.02 Å². The van der Waals surface area contributed by atoms with Gasteiger partial charge in [0.25, 0.3) is 0 Å². The first kappa shape index (κ1) is 14.9. The van der Waals surface area contributed by atoms with Crippen molar-refractivity contribution in [1.29, 1.82) is 0 Å². The minimum absolute atomic E-state index is 0.197. The van der Waals surface area contributed by atoms with Crippen LogP contribution in [-0.4, -0.2) is 11.7 Å². The highest BCUT2D eigenvalue weighted by Gasteiger charge is 2.08. The van der Waals surface area contributed by atoms with Crippen molar-refractivity contribution in [2.45, 2.75) is 26.4 Å². The molecule has 20 heavy (non-hydrogen) atoms. The molecule has 2 nitrogen and oxygen atoms in total. The summed E-state index contributed by atoms with van der Waals surface area (Å²) in [6, 6.07) is 14.0. The van der Waals surface area contributed by atoms with Gasteiger partial charge in [0.05, 0.1) is 5.02 Å². The molecule has 0 fully saturated rings. The summed E-state index contributed by atoms with van der Waals surface area (Å²) in [5.41, 5.74) is 3.28. The Balaban J connectivity index is 2.08. The van der Waals surface area contributed by atoms with E-state index in [1.165, 1.54) is 0 Å². The van der Waals surface area contributed by atoms with E-state index in [4.69, 9.17) is 21.4 Å². The summed E-state index contributed by atoms with van der Waals surface area (Å²) in [5, 5.41) is 9.51. The predicted molar refractivity (Wildman–Crippen MR) is 82.4 cm³/mol. The fourth-order valence-corrected chi connectivity index (χ4v) is 2.49. The topological polar surface area (TPSA) is 29.5 Å². The standard InChI is InChI=1S/C17H19ClO2/c1-13-10-15(8-5-9-19)11-16(18)17(13)20-12-14-6-3-2-4-7-14/h2-4,6-7,10-11,19H,5,8-9,12H2,1H3. The van der Waals surface area contributed by atoms with E-state index in [1.807, 2.05) is 43.3 Å². The maximum atomic E-state index is 8.87. The molecule has 0 atom stereocenters. The second kappa shape index (κ2) is 7.32. The third kappa shape index (κ3) is 3.99. The lowest BCUT2D eigenvalue weighted by atomic mass is 10.1. The number of aryl methyl sites for hydroxylation is 2. The Hall–Kier alpha value is -1.51. The summed E-state index contributed by atoms with van der Waals surface area (Å²) in [7, 11) is 0. The molecule has 1 N–H and O–H groups in total. The van der Waals surface area contributed by atoms with Gasteiger partial charge in [0, 0.05) is 6.61 Å². The van der Waals surface area contributed by atoms with Gasteiger partial charge < -0.3 is 9.84 Å². The monoisotopic (exact) mass is 290 g/mol. The highest BCUT2D eigenvalue weighted by atomic mass is 35.5. The Morgan fingerprint density at radius 1 is 1.10 bits per heavy atom. The van der Waals surface area contributed by atoms with E-state index < -0.39 is 0 Å². The van der Waals surface area contributed by atoms with Gasteiger partial charge in [-0.2, -0.15) is 0 Å². The molecule has 0 aliphatic rings. The van der Waals surface area contributed by atoms with Crippen molar-refractivity contribution in [3.05, 3.63) is 64.2 Å². The Kier molecular flexibility index (Phi) is 5.45. The average Bonchev–Trinajstić information content (AvgIpc) is 2.45. The third-order valence-corrected chi connectivity index (χ3v) is 3.42. The molecule has 0 aliphatic heterocycles. The van der Waals surface area contributed by atoms with Crippen LogP contribution in [0.25, 0.3) is 0 Å². The molecular weight excluding hydrogens is 272 g/mol. The summed E-state index contributed by atoms with van der Waals surface area (Å²) >= 11 is 6.29. The van der Waals surface area contributed by atoms with Gasteiger partial charge in [0.15, 0.2) is 0 Å². The Morgan fingerprint density at radius 3 is 2.50 bits per heavy atom. The van der Waals surface area contributed by atoms with Crippen LogP contribution in [0.3, 0.4) is 0 Å². The van der Waals surface area contributed by atoms with E-state index >= 15 is 0 Å². The quantitative estimate of drug-likeness (QED) is 0.866. The van der Waals surface area contributed by atoms with E-state index in [0.717, 1.165) is 35.3 Å². The molecule has 0 amide bonds. The molecule has 0 spiro atoms. The maximum absolute atomic E-state index is 8.87. The van der Waals surface area contributed by atoms with Crippen molar-refractivity contribution in [3.8, 4) is 5.75 Å². The van der Waals surface area contributed by atoms with Crippen LogP contribution in [0, 0.1) is 6.92 Å². The van der Waals surface area contributed by atoms with E-state index in [-0.39, 0.29) is 6.61 Å². The summed E-state index contributed by atoms with van der Waals surface area (Å²) in [6.07, 6.45) is 1.58. The van der Waals surface area contributed by atoms with Crippen LogP contribution < -0.4 is 4.74 Å². The van der Waals surface area contributed by atoms with Crippen LogP contribution in [0.15, 0.2) is 42.5 Å². The zero-order valence-corrected chi connectivity index (χ0v) is 12.4. The minimum Gasteiger partial charge on any atom is -0.487 e. The summed E-state index contributed by atoms with van der Waals surface area (Å²) in [6.45, 7) is 2.70. The van der Waals surface area contributed by atoms with Crippen molar-refractivity contribution in [3.63, 3.8) is 0 Å². The Morgan fingerprint density at radius 2 is 1.85 bits per heavy atom. The normalized spacial score (nSPS) is 10.6. The van der Waals surface area contributed by atoms with E-state index in [9.17, 15) is 0 Å². The number of aliphatic hydroxyl groups excluding tert-OH is 1. The molecule has 3 heteroatoms. The smallest absolute Gasteiger partial charge is 0.141 e. The number of hydrogen-bond acceptors (Lipinski definition) is 2. The summed E-state index contributed by atoms with van der Waals surface area (Å²) < 4.78 is 5.83. The lowest BCUT2D eigenvalue weighted by Crippen LogP contribution is -1.99. The van der Waals surface area contributed by atoms with Crippen LogP contribution >= 0.6 is 11.6 Å². The van der Waals surface area contributed by atoms with Crippen LogP contribution in [0.4, 0.5) is 0 Å². The van der Waals surface area contributed by atoms with E-state index in [0.29, 0.717) is 11.6 Å².